The van der Waals surface area contributed by atoms with Crippen molar-refractivity contribution in [3.05, 3.63) is 70.8 Å². The van der Waals surface area contributed by atoms with Crippen molar-refractivity contribution in [1.29, 1.82) is 0 Å². The molecule has 64 heavy (non-hydrogen) atoms. The van der Waals surface area contributed by atoms with Crippen LogP contribution in [-0.2, 0) is 27.2 Å². The standard InChI is InChI=1S/C31H48O2.C30H46O/c1-3-4-23-7-13-26(14-8-23)27-15-9-24(10-16-27)5-6-25-11-17-28(18-12-25)29-19-21-30(22-20-29)31(32)33-2;1-2-3-23-6-14-27(15-7-23)28-16-8-24(9-17-28)4-5-25-10-18-29(19-11-25)30-20-12-26(22-31)13-21-30/h11-12,17-18,23-24,26-27,29-30H,3-10,13-16,19-22H2,1-2H3;10-11,18-19,22-24,26-28,30H,2-9,12-17,20-21H2,1H3. The Bertz CT molecular complexity index is 1580. The minimum Gasteiger partial charge on any atom is -0.469 e. The summed E-state index contributed by atoms with van der Waals surface area (Å²) < 4.78 is 4.93. The Hall–Kier alpha value is -2.42. The van der Waals surface area contributed by atoms with Crippen LogP contribution in [0.25, 0.3) is 0 Å². The fourth-order valence-corrected chi connectivity index (χ4v) is 14.7. The normalized spacial score (nSPS) is 33.6. The maximum absolute atomic E-state index is 11.8. The van der Waals surface area contributed by atoms with Crippen LogP contribution in [0.2, 0.25) is 0 Å². The largest absolute Gasteiger partial charge is 0.469 e. The second-order valence-corrected chi connectivity index (χ2v) is 23.1. The fourth-order valence-electron chi connectivity index (χ4n) is 14.7. The molecular weight excluding hydrogens is 781 g/mol. The highest BCUT2D eigenvalue weighted by Crippen LogP contribution is 2.45. The van der Waals surface area contributed by atoms with E-state index < -0.39 is 0 Å². The second-order valence-electron chi connectivity index (χ2n) is 23.1. The van der Waals surface area contributed by atoms with Crippen molar-refractivity contribution in [3.63, 3.8) is 0 Å². The van der Waals surface area contributed by atoms with Crippen LogP contribution in [0.3, 0.4) is 0 Å². The molecule has 0 saturated heterocycles. The summed E-state index contributed by atoms with van der Waals surface area (Å²) in [6, 6.07) is 19.0. The van der Waals surface area contributed by atoms with E-state index in [2.05, 4.69) is 62.4 Å². The monoisotopic (exact) mass is 875 g/mol. The second kappa shape index (κ2) is 26.2. The van der Waals surface area contributed by atoms with Crippen molar-refractivity contribution < 1.29 is 14.3 Å². The molecule has 2 aromatic carbocycles. The lowest BCUT2D eigenvalue weighted by Gasteiger charge is -2.38. The van der Waals surface area contributed by atoms with E-state index in [1.54, 1.807) is 0 Å². The smallest absolute Gasteiger partial charge is 0.308 e. The quantitative estimate of drug-likeness (QED) is 0.125. The number of ether oxygens (including phenoxy) is 1. The van der Waals surface area contributed by atoms with E-state index in [9.17, 15) is 9.59 Å². The van der Waals surface area contributed by atoms with Crippen LogP contribution in [0.15, 0.2) is 48.5 Å². The van der Waals surface area contributed by atoms with Crippen molar-refractivity contribution in [2.45, 2.75) is 231 Å². The number of hydrogen-bond donors (Lipinski definition) is 0. The first kappa shape index (κ1) is 49.5. The summed E-state index contributed by atoms with van der Waals surface area (Å²) in [5, 5.41) is 0. The molecule has 0 spiro atoms. The predicted molar refractivity (Wildman–Crippen MR) is 269 cm³/mol. The Kier molecular flexibility index (Phi) is 20.3. The Morgan fingerprint density at radius 1 is 0.453 bits per heavy atom. The molecule has 0 amide bonds. The van der Waals surface area contributed by atoms with Gasteiger partial charge in [-0.15, -0.1) is 0 Å². The molecule has 0 aromatic heterocycles. The van der Waals surface area contributed by atoms with E-state index in [-0.39, 0.29) is 11.9 Å². The lowest BCUT2D eigenvalue weighted by Crippen LogP contribution is -2.26. The third-order valence-electron chi connectivity index (χ3n) is 19.1. The molecule has 0 aliphatic heterocycles. The van der Waals surface area contributed by atoms with E-state index in [0.29, 0.717) is 17.8 Å². The Balaban J connectivity index is 0.000000192. The van der Waals surface area contributed by atoms with Crippen LogP contribution in [0.5, 0.6) is 0 Å². The predicted octanol–water partition coefficient (Wildman–Crippen LogP) is 17.0. The molecule has 6 aliphatic carbocycles. The number of rotatable bonds is 16. The zero-order valence-corrected chi connectivity index (χ0v) is 41.5. The Morgan fingerprint density at radius 2 is 0.781 bits per heavy atom. The molecular formula is C61H94O3. The van der Waals surface area contributed by atoms with Crippen LogP contribution in [0.1, 0.15) is 241 Å². The summed E-state index contributed by atoms with van der Waals surface area (Å²) in [5.74, 6) is 9.93. The number of carbonyl (C=O) groups excluding carboxylic acids is 2. The molecule has 356 valence electrons. The maximum Gasteiger partial charge on any atom is 0.308 e. The molecule has 8 rings (SSSR count). The highest BCUT2D eigenvalue weighted by molar-refractivity contribution is 5.72. The van der Waals surface area contributed by atoms with Crippen LogP contribution >= 0.6 is 0 Å². The SMILES string of the molecule is CCCC1CCC(C2CCC(CCc3ccc(C4CCC(C(=O)OC)CC4)cc3)CC2)CC1.CCCC1CCC(C2CCC(CCc3ccc(C4CCC(C=O)CC4)cc3)CC2)CC1. The molecule has 0 N–H and O–H groups in total. The molecule has 6 fully saturated rings. The van der Waals surface area contributed by atoms with Gasteiger partial charge in [0.2, 0.25) is 0 Å². The topological polar surface area (TPSA) is 43.4 Å². The number of esters is 1. The fraction of sp³-hybridized carbons (Fsp3) is 0.770. The highest BCUT2D eigenvalue weighted by Gasteiger charge is 2.33. The first-order chi connectivity index (χ1) is 31.4. The molecule has 6 aliphatic rings. The van der Waals surface area contributed by atoms with Crippen molar-refractivity contribution in [1.82, 2.24) is 0 Å². The van der Waals surface area contributed by atoms with Gasteiger partial charge in [0.15, 0.2) is 0 Å². The van der Waals surface area contributed by atoms with Gasteiger partial charge in [0.1, 0.15) is 6.29 Å². The minimum absolute atomic E-state index is 0.0165. The number of methoxy groups -OCH3 is 1. The van der Waals surface area contributed by atoms with Crippen molar-refractivity contribution in [2.24, 2.45) is 59.2 Å². The molecule has 6 saturated carbocycles. The van der Waals surface area contributed by atoms with Gasteiger partial charge < -0.3 is 9.53 Å². The number of hydrogen-bond acceptors (Lipinski definition) is 3. The third kappa shape index (κ3) is 14.8. The third-order valence-corrected chi connectivity index (χ3v) is 19.1. The zero-order valence-electron chi connectivity index (χ0n) is 41.5. The molecule has 0 heterocycles. The van der Waals surface area contributed by atoms with Crippen molar-refractivity contribution in [2.75, 3.05) is 7.11 Å². The van der Waals surface area contributed by atoms with E-state index in [1.165, 1.54) is 203 Å². The Labute approximate surface area is 393 Å². The number of carbonyl (C=O) groups is 2. The van der Waals surface area contributed by atoms with Gasteiger partial charge in [0.05, 0.1) is 13.0 Å². The molecule has 2 aromatic rings. The van der Waals surface area contributed by atoms with Crippen LogP contribution in [-0.4, -0.2) is 19.4 Å². The first-order valence-electron chi connectivity index (χ1n) is 28.1. The average Bonchev–Trinajstić information content (AvgIpc) is 3.36. The average molecular weight is 875 g/mol. The zero-order chi connectivity index (χ0) is 44.5. The van der Waals surface area contributed by atoms with Gasteiger partial charge in [0.25, 0.3) is 0 Å². The van der Waals surface area contributed by atoms with E-state index in [4.69, 9.17) is 4.74 Å². The van der Waals surface area contributed by atoms with Gasteiger partial charge in [-0.25, -0.2) is 0 Å². The van der Waals surface area contributed by atoms with Crippen LogP contribution in [0.4, 0.5) is 0 Å². The molecule has 0 bridgehead atoms. The lowest BCUT2D eigenvalue weighted by molar-refractivity contribution is -0.146. The van der Waals surface area contributed by atoms with Gasteiger partial charge in [-0.05, 0) is 210 Å². The minimum atomic E-state index is -0.0165. The van der Waals surface area contributed by atoms with Gasteiger partial charge in [-0.2, -0.15) is 0 Å². The van der Waals surface area contributed by atoms with E-state index in [0.717, 1.165) is 85.9 Å². The number of benzene rings is 2. The maximum atomic E-state index is 11.8. The Morgan fingerprint density at radius 3 is 1.09 bits per heavy atom. The summed E-state index contributed by atoms with van der Waals surface area (Å²) in [7, 11) is 1.51. The molecule has 0 unspecified atom stereocenters. The summed E-state index contributed by atoms with van der Waals surface area (Å²) in [6.07, 6.45) is 45.0. The van der Waals surface area contributed by atoms with Crippen LogP contribution < -0.4 is 0 Å². The number of aldehydes is 1. The van der Waals surface area contributed by atoms with Gasteiger partial charge in [-0.1, -0.05) is 139 Å². The summed E-state index contributed by atoms with van der Waals surface area (Å²) in [4.78, 5) is 22.7. The highest BCUT2D eigenvalue weighted by atomic mass is 16.5. The summed E-state index contributed by atoms with van der Waals surface area (Å²) in [6.45, 7) is 4.70. The van der Waals surface area contributed by atoms with Gasteiger partial charge >= 0.3 is 5.97 Å². The molecule has 3 nitrogen and oxygen atoms in total. The first-order valence-corrected chi connectivity index (χ1v) is 28.1. The lowest BCUT2D eigenvalue weighted by atomic mass is 9.68. The van der Waals surface area contributed by atoms with E-state index in [1.807, 2.05) is 0 Å². The van der Waals surface area contributed by atoms with Crippen molar-refractivity contribution in [3.8, 4) is 0 Å². The van der Waals surface area contributed by atoms with Gasteiger partial charge in [-0.3, -0.25) is 4.79 Å². The molecule has 0 radical (unpaired) electrons. The van der Waals surface area contributed by atoms with Crippen LogP contribution in [0, 0.1) is 59.2 Å². The summed E-state index contributed by atoms with van der Waals surface area (Å²) in [5.41, 5.74) is 6.01. The molecule has 3 heteroatoms. The molecule has 0 atom stereocenters. The number of aryl methyl sites for hydroxylation is 2. The van der Waals surface area contributed by atoms with Gasteiger partial charge in [0, 0.05) is 5.92 Å². The summed E-state index contributed by atoms with van der Waals surface area (Å²) >= 11 is 0. The van der Waals surface area contributed by atoms with Crippen molar-refractivity contribution >= 4 is 12.3 Å². The van der Waals surface area contributed by atoms with E-state index >= 15 is 0 Å².